The van der Waals surface area contributed by atoms with Gasteiger partial charge in [0.25, 0.3) is 11.8 Å². The number of rotatable bonds is 5. The van der Waals surface area contributed by atoms with Gasteiger partial charge in [-0.15, -0.1) is 0 Å². The summed E-state index contributed by atoms with van der Waals surface area (Å²) in [4.78, 5) is 29.9. The summed E-state index contributed by atoms with van der Waals surface area (Å²) >= 11 is 5.91. The van der Waals surface area contributed by atoms with E-state index in [1.54, 1.807) is 31.4 Å². The molecule has 0 saturated carbocycles. The first-order valence-corrected chi connectivity index (χ1v) is 10.4. The van der Waals surface area contributed by atoms with E-state index in [2.05, 4.69) is 0 Å². The van der Waals surface area contributed by atoms with Crippen LogP contribution in [0.2, 0.25) is 5.02 Å². The molecule has 1 saturated heterocycles. The predicted molar refractivity (Wildman–Crippen MR) is 115 cm³/mol. The second-order valence-electron chi connectivity index (χ2n) is 7.63. The van der Waals surface area contributed by atoms with Crippen LogP contribution in [0.15, 0.2) is 48.2 Å². The van der Waals surface area contributed by atoms with E-state index in [1.807, 2.05) is 4.90 Å². The van der Waals surface area contributed by atoms with E-state index in [9.17, 15) is 19.1 Å². The quantitative estimate of drug-likeness (QED) is 0.715. The third-order valence-electron chi connectivity index (χ3n) is 5.69. The van der Waals surface area contributed by atoms with Crippen molar-refractivity contribution in [3.8, 4) is 5.75 Å². The van der Waals surface area contributed by atoms with Gasteiger partial charge in [-0.3, -0.25) is 9.59 Å². The number of carbonyl (C=O) groups is 2. The summed E-state index contributed by atoms with van der Waals surface area (Å²) in [5.41, 5.74) is 1.34. The zero-order valence-electron chi connectivity index (χ0n) is 17.0. The Morgan fingerprint density at radius 2 is 1.90 bits per heavy atom. The Morgan fingerprint density at radius 3 is 2.55 bits per heavy atom. The van der Waals surface area contributed by atoms with Crippen molar-refractivity contribution in [2.45, 2.75) is 12.8 Å². The second kappa shape index (κ2) is 8.69. The summed E-state index contributed by atoms with van der Waals surface area (Å²) in [6.07, 6.45) is 1.66. The number of halogens is 2. The molecule has 4 rings (SSSR count). The number of anilines is 1. The molecule has 0 bridgehead atoms. The van der Waals surface area contributed by atoms with E-state index < -0.39 is 17.6 Å². The first-order chi connectivity index (χ1) is 14.9. The molecule has 0 aromatic heterocycles. The van der Waals surface area contributed by atoms with E-state index in [-0.39, 0.29) is 34.5 Å². The number of carbonyl (C=O) groups excluding carboxylic acids is 2. The molecule has 6 nitrogen and oxygen atoms in total. The van der Waals surface area contributed by atoms with Gasteiger partial charge in [0.15, 0.2) is 0 Å². The van der Waals surface area contributed by atoms with Crippen molar-refractivity contribution in [3.05, 3.63) is 64.6 Å². The Hall–Kier alpha value is -2.90. The molecular weight excluding hydrogens is 423 g/mol. The van der Waals surface area contributed by atoms with Crippen molar-refractivity contribution in [1.82, 2.24) is 4.90 Å². The number of piperidine rings is 1. The van der Waals surface area contributed by atoms with E-state index in [0.717, 1.165) is 23.8 Å². The van der Waals surface area contributed by atoms with Crippen LogP contribution in [-0.2, 0) is 9.59 Å². The van der Waals surface area contributed by atoms with Gasteiger partial charge in [0.2, 0.25) is 0 Å². The third kappa shape index (κ3) is 3.91. The number of hydrogen-bond acceptors (Lipinski definition) is 5. The maximum absolute atomic E-state index is 13.7. The monoisotopic (exact) mass is 444 g/mol. The van der Waals surface area contributed by atoms with Crippen LogP contribution in [0.3, 0.4) is 0 Å². The van der Waals surface area contributed by atoms with Crippen molar-refractivity contribution in [3.63, 3.8) is 0 Å². The third-order valence-corrected chi connectivity index (χ3v) is 5.98. The molecule has 1 N–H and O–H groups in total. The number of aliphatic hydroxyl groups excluding tert-OH is 1. The fraction of sp³-hybridized carbons (Fsp3) is 0.304. The molecule has 31 heavy (non-hydrogen) atoms. The minimum absolute atomic E-state index is 0.0150. The Balaban J connectivity index is 1.81. The molecule has 8 heteroatoms. The van der Waals surface area contributed by atoms with Crippen LogP contribution in [0, 0.1) is 11.7 Å². The highest BCUT2D eigenvalue weighted by atomic mass is 35.5. The summed E-state index contributed by atoms with van der Waals surface area (Å²) < 4.78 is 18.9. The molecule has 2 aromatic rings. The number of imide groups is 1. The number of benzene rings is 2. The van der Waals surface area contributed by atoms with Crippen LogP contribution in [0.1, 0.15) is 18.4 Å². The van der Waals surface area contributed by atoms with E-state index in [1.165, 1.54) is 12.1 Å². The molecule has 1 fully saturated rings. The highest BCUT2D eigenvalue weighted by Gasteiger charge is 2.43. The standard InChI is InChI=1S/C23H22ClFN2O4/c1-31-17-7-4-15(5-8-17)20-21(26-10-2-3-14(12-26)13-28)23(30)27(22(20)29)16-6-9-19(25)18(24)11-16/h4-9,11,14,28H,2-3,10,12-13H2,1H3. The fourth-order valence-corrected chi connectivity index (χ4v) is 4.28. The Labute approximate surface area is 184 Å². The maximum Gasteiger partial charge on any atom is 0.282 e. The molecule has 2 amide bonds. The first kappa shape index (κ1) is 21.3. The lowest BCUT2D eigenvalue weighted by molar-refractivity contribution is -0.120. The number of likely N-dealkylation sites (tertiary alicyclic amines) is 1. The molecule has 1 atom stereocenters. The molecule has 2 aliphatic rings. The zero-order valence-corrected chi connectivity index (χ0v) is 17.7. The van der Waals surface area contributed by atoms with E-state index in [4.69, 9.17) is 16.3 Å². The number of ether oxygens (including phenoxy) is 1. The van der Waals surface area contributed by atoms with Crippen molar-refractivity contribution in [1.29, 1.82) is 0 Å². The van der Waals surface area contributed by atoms with Crippen molar-refractivity contribution >= 4 is 34.7 Å². The molecular formula is C23H22ClFN2O4. The lowest BCUT2D eigenvalue weighted by Crippen LogP contribution is -2.40. The van der Waals surface area contributed by atoms with Crippen molar-refractivity contribution in [2.75, 3.05) is 31.7 Å². The predicted octanol–water partition coefficient (Wildman–Crippen LogP) is 3.48. The van der Waals surface area contributed by atoms with Crippen LogP contribution < -0.4 is 9.64 Å². The second-order valence-corrected chi connectivity index (χ2v) is 8.04. The maximum atomic E-state index is 13.7. The van der Waals surface area contributed by atoms with Gasteiger partial charge in [0, 0.05) is 19.7 Å². The van der Waals surface area contributed by atoms with Gasteiger partial charge in [0.05, 0.1) is 23.4 Å². The molecule has 2 heterocycles. The summed E-state index contributed by atoms with van der Waals surface area (Å²) in [6, 6.07) is 10.7. The Kier molecular flexibility index (Phi) is 5.98. The van der Waals surface area contributed by atoms with Gasteiger partial charge in [-0.25, -0.2) is 9.29 Å². The van der Waals surface area contributed by atoms with E-state index >= 15 is 0 Å². The lowest BCUT2D eigenvalue weighted by atomic mass is 9.97. The summed E-state index contributed by atoms with van der Waals surface area (Å²) in [6.45, 7) is 1.09. The number of aliphatic hydroxyl groups is 1. The van der Waals surface area contributed by atoms with Gasteiger partial charge in [-0.2, -0.15) is 0 Å². The van der Waals surface area contributed by atoms with Crippen LogP contribution in [0.4, 0.5) is 10.1 Å². The smallest absolute Gasteiger partial charge is 0.282 e. The molecule has 0 radical (unpaired) electrons. The van der Waals surface area contributed by atoms with Gasteiger partial charge < -0.3 is 14.7 Å². The number of nitrogens with zero attached hydrogens (tertiary/aromatic N) is 2. The van der Waals surface area contributed by atoms with Crippen molar-refractivity contribution < 1.29 is 23.8 Å². The fourth-order valence-electron chi connectivity index (χ4n) is 4.11. The lowest BCUT2D eigenvalue weighted by Gasteiger charge is -2.34. The average molecular weight is 445 g/mol. The van der Waals surface area contributed by atoms with Gasteiger partial charge >= 0.3 is 0 Å². The minimum atomic E-state index is -0.630. The molecule has 0 aliphatic carbocycles. The average Bonchev–Trinajstić information content (AvgIpc) is 3.05. The number of methoxy groups -OCH3 is 1. The normalized spacial score (nSPS) is 19.4. The highest BCUT2D eigenvalue weighted by Crippen LogP contribution is 2.37. The van der Waals surface area contributed by atoms with Crippen molar-refractivity contribution in [2.24, 2.45) is 5.92 Å². The number of hydrogen-bond donors (Lipinski definition) is 1. The molecule has 2 aliphatic heterocycles. The molecule has 1 unspecified atom stereocenters. The molecule has 2 aromatic carbocycles. The summed E-state index contributed by atoms with van der Waals surface area (Å²) in [5, 5.41) is 9.46. The first-order valence-electron chi connectivity index (χ1n) is 10.0. The number of amides is 2. The van der Waals surface area contributed by atoms with Crippen LogP contribution in [0.25, 0.3) is 5.57 Å². The van der Waals surface area contributed by atoms with Crippen LogP contribution >= 0.6 is 11.6 Å². The zero-order chi connectivity index (χ0) is 22.1. The molecule has 0 spiro atoms. The SMILES string of the molecule is COc1ccc(C2=C(N3CCCC(CO)C3)C(=O)N(c3ccc(F)c(Cl)c3)C2=O)cc1. The largest absolute Gasteiger partial charge is 0.497 e. The van der Waals surface area contributed by atoms with Gasteiger partial charge in [-0.1, -0.05) is 23.7 Å². The van der Waals surface area contributed by atoms with Gasteiger partial charge in [0.1, 0.15) is 17.3 Å². The summed E-state index contributed by atoms with van der Waals surface area (Å²) in [7, 11) is 1.55. The Bertz CT molecular complexity index is 1050. The van der Waals surface area contributed by atoms with Crippen LogP contribution in [-0.4, -0.2) is 48.6 Å². The Morgan fingerprint density at radius 1 is 1.16 bits per heavy atom. The van der Waals surface area contributed by atoms with E-state index in [0.29, 0.717) is 24.4 Å². The topological polar surface area (TPSA) is 70.1 Å². The highest BCUT2D eigenvalue weighted by molar-refractivity contribution is 6.45. The molecule has 162 valence electrons. The summed E-state index contributed by atoms with van der Waals surface area (Å²) in [5.74, 6) is -0.968. The van der Waals surface area contributed by atoms with Gasteiger partial charge in [-0.05, 0) is 54.7 Å². The minimum Gasteiger partial charge on any atom is -0.497 e. The van der Waals surface area contributed by atoms with Crippen LogP contribution in [0.5, 0.6) is 5.75 Å².